The molecular weight excluding hydrogens is 208 g/mol. The van der Waals surface area contributed by atoms with Crippen LogP contribution in [0.5, 0.6) is 0 Å². The number of benzene rings is 1. The van der Waals surface area contributed by atoms with Crippen molar-refractivity contribution in [2.24, 2.45) is 0 Å². The second-order valence-corrected chi connectivity index (χ2v) is 5.38. The predicted octanol–water partition coefficient (Wildman–Crippen LogP) is 2.66. The molecule has 0 saturated carbocycles. The van der Waals surface area contributed by atoms with Crippen molar-refractivity contribution in [1.29, 1.82) is 0 Å². The van der Waals surface area contributed by atoms with Crippen LogP contribution in [0.2, 0.25) is 0 Å². The Kier molecular flexibility index (Phi) is 2.06. The molecule has 88 valence electrons. The molecule has 2 aliphatic heterocycles. The third-order valence-electron chi connectivity index (χ3n) is 4.37. The summed E-state index contributed by atoms with van der Waals surface area (Å²) in [5.74, 6) is 0.723. The second kappa shape index (κ2) is 3.61. The van der Waals surface area contributed by atoms with E-state index < -0.39 is 0 Å². The minimum Gasteiger partial charge on any atom is -0.347 e. The molecule has 0 amide bonds. The van der Waals surface area contributed by atoms with Crippen molar-refractivity contribution >= 4 is 10.9 Å². The highest BCUT2D eigenvalue weighted by molar-refractivity contribution is 5.88. The number of nitrogens with zero attached hydrogens (tertiary/aromatic N) is 1. The highest BCUT2D eigenvalue weighted by Crippen LogP contribution is 2.35. The lowest BCUT2D eigenvalue weighted by molar-refractivity contribution is 0.462. The maximum atomic E-state index is 3.53. The van der Waals surface area contributed by atoms with E-state index in [1.54, 1.807) is 5.56 Å². The van der Waals surface area contributed by atoms with Crippen LogP contribution in [0.15, 0.2) is 24.4 Å². The average Bonchev–Trinajstić information content (AvgIpc) is 2.97. The zero-order valence-electron chi connectivity index (χ0n) is 10.1. The van der Waals surface area contributed by atoms with Crippen LogP contribution in [0.3, 0.4) is 0 Å². The standard InChI is InChI=1S/C15H18N2/c1-3-11-6-8-17-10-14(13(5-1)15(11)17)12-4-2-7-16-9-12/h1,3,5,10,12,16H,2,4,6-9H2. The Balaban J connectivity index is 1.88. The molecule has 1 atom stereocenters. The van der Waals surface area contributed by atoms with Gasteiger partial charge in [-0.1, -0.05) is 18.2 Å². The van der Waals surface area contributed by atoms with Crippen LogP contribution in [-0.4, -0.2) is 17.7 Å². The van der Waals surface area contributed by atoms with E-state index in [4.69, 9.17) is 0 Å². The van der Waals surface area contributed by atoms with Crippen molar-refractivity contribution in [3.8, 4) is 0 Å². The quantitative estimate of drug-likeness (QED) is 0.791. The van der Waals surface area contributed by atoms with Crippen LogP contribution >= 0.6 is 0 Å². The Morgan fingerprint density at radius 1 is 1.29 bits per heavy atom. The fourth-order valence-corrected chi connectivity index (χ4v) is 3.53. The summed E-state index contributed by atoms with van der Waals surface area (Å²) in [6.07, 6.45) is 6.29. The molecule has 1 fully saturated rings. The second-order valence-electron chi connectivity index (χ2n) is 5.38. The van der Waals surface area contributed by atoms with Crippen molar-refractivity contribution in [1.82, 2.24) is 9.88 Å². The van der Waals surface area contributed by atoms with Crippen molar-refractivity contribution in [2.45, 2.75) is 31.7 Å². The number of para-hydroxylation sites is 1. The summed E-state index contributed by atoms with van der Waals surface area (Å²) in [7, 11) is 0. The average molecular weight is 226 g/mol. The Hall–Kier alpha value is -1.28. The Labute approximate surface area is 102 Å². The topological polar surface area (TPSA) is 17.0 Å². The van der Waals surface area contributed by atoms with Gasteiger partial charge in [0.25, 0.3) is 0 Å². The highest BCUT2D eigenvalue weighted by Gasteiger charge is 2.23. The molecule has 0 spiro atoms. The largest absolute Gasteiger partial charge is 0.347 e. The molecule has 0 aliphatic carbocycles. The van der Waals surface area contributed by atoms with Gasteiger partial charge in [-0.05, 0) is 42.9 Å². The Morgan fingerprint density at radius 2 is 2.29 bits per heavy atom. The summed E-state index contributed by atoms with van der Waals surface area (Å²) >= 11 is 0. The number of hydrogen-bond donors (Lipinski definition) is 1. The molecule has 2 aromatic rings. The van der Waals surface area contributed by atoms with E-state index in [2.05, 4.69) is 34.3 Å². The first kappa shape index (κ1) is 9.72. The zero-order chi connectivity index (χ0) is 11.2. The van der Waals surface area contributed by atoms with Gasteiger partial charge in [-0.15, -0.1) is 0 Å². The molecule has 2 nitrogen and oxygen atoms in total. The summed E-state index contributed by atoms with van der Waals surface area (Å²) in [5.41, 5.74) is 4.62. The van der Waals surface area contributed by atoms with Crippen LogP contribution in [0.1, 0.15) is 29.9 Å². The van der Waals surface area contributed by atoms with Crippen LogP contribution in [-0.2, 0) is 13.0 Å². The van der Waals surface area contributed by atoms with E-state index in [9.17, 15) is 0 Å². The summed E-state index contributed by atoms with van der Waals surface area (Å²) in [6, 6.07) is 6.83. The molecule has 0 radical (unpaired) electrons. The lowest BCUT2D eigenvalue weighted by atomic mass is 9.91. The molecule has 2 aliphatic rings. The van der Waals surface area contributed by atoms with Gasteiger partial charge in [-0.3, -0.25) is 0 Å². The van der Waals surface area contributed by atoms with Gasteiger partial charge in [0.15, 0.2) is 0 Å². The summed E-state index contributed by atoms with van der Waals surface area (Å²) < 4.78 is 2.47. The molecule has 4 rings (SSSR count). The van der Waals surface area contributed by atoms with Gasteiger partial charge in [-0.25, -0.2) is 0 Å². The molecule has 3 heterocycles. The van der Waals surface area contributed by atoms with Gasteiger partial charge in [0.05, 0.1) is 5.52 Å². The predicted molar refractivity (Wildman–Crippen MR) is 70.5 cm³/mol. The van der Waals surface area contributed by atoms with Crippen molar-refractivity contribution < 1.29 is 0 Å². The van der Waals surface area contributed by atoms with Gasteiger partial charge < -0.3 is 9.88 Å². The van der Waals surface area contributed by atoms with E-state index >= 15 is 0 Å². The van der Waals surface area contributed by atoms with Gasteiger partial charge in [0.2, 0.25) is 0 Å². The third-order valence-corrected chi connectivity index (χ3v) is 4.37. The van der Waals surface area contributed by atoms with E-state index in [0.29, 0.717) is 0 Å². The van der Waals surface area contributed by atoms with Crippen LogP contribution in [0.25, 0.3) is 10.9 Å². The van der Waals surface area contributed by atoms with Crippen molar-refractivity contribution in [2.75, 3.05) is 13.1 Å². The molecule has 1 N–H and O–H groups in total. The summed E-state index contributed by atoms with van der Waals surface area (Å²) in [5, 5.41) is 5.04. The van der Waals surface area contributed by atoms with Gasteiger partial charge in [0, 0.05) is 24.7 Å². The molecule has 0 bridgehead atoms. The molecule has 1 aromatic heterocycles. The number of nitrogens with one attached hydrogen (secondary N) is 1. The molecule has 2 heteroatoms. The first-order valence-corrected chi connectivity index (χ1v) is 6.75. The van der Waals surface area contributed by atoms with Crippen molar-refractivity contribution in [3.05, 3.63) is 35.5 Å². The highest BCUT2D eigenvalue weighted by atomic mass is 15.0. The first-order valence-electron chi connectivity index (χ1n) is 6.75. The van der Waals surface area contributed by atoms with Crippen LogP contribution in [0, 0.1) is 0 Å². The minimum absolute atomic E-state index is 0.723. The third kappa shape index (κ3) is 1.37. The minimum atomic E-state index is 0.723. The number of aromatic nitrogens is 1. The monoisotopic (exact) mass is 226 g/mol. The van der Waals surface area contributed by atoms with Gasteiger partial charge >= 0.3 is 0 Å². The molecule has 1 aromatic carbocycles. The SMILES string of the molecule is c1cc2c3c(c1)c(C1CCCNC1)cn3CC2. The number of piperidine rings is 1. The van der Waals surface area contributed by atoms with Crippen LogP contribution < -0.4 is 5.32 Å². The molecular formula is C15H18N2. The lowest BCUT2D eigenvalue weighted by Crippen LogP contribution is -2.28. The summed E-state index contributed by atoms with van der Waals surface area (Å²) in [4.78, 5) is 0. The van der Waals surface area contributed by atoms with Crippen LogP contribution in [0.4, 0.5) is 0 Å². The number of hydrogen-bond acceptors (Lipinski definition) is 1. The molecule has 1 saturated heterocycles. The fourth-order valence-electron chi connectivity index (χ4n) is 3.53. The first-order chi connectivity index (χ1) is 8.43. The van der Waals surface area contributed by atoms with Gasteiger partial charge in [0.1, 0.15) is 0 Å². The number of rotatable bonds is 1. The van der Waals surface area contributed by atoms with E-state index in [1.807, 2.05) is 0 Å². The molecule has 1 unspecified atom stereocenters. The number of aryl methyl sites for hydroxylation is 2. The van der Waals surface area contributed by atoms with Gasteiger partial charge in [-0.2, -0.15) is 0 Å². The fraction of sp³-hybridized carbons (Fsp3) is 0.467. The normalized spacial score (nSPS) is 23.4. The Bertz CT molecular complexity index is 562. The van der Waals surface area contributed by atoms with E-state index in [-0.39, 0.29) is 0 Å². The maximum Gasteiger partial charge on any atom is 0.0516 e. The summed E-state index contributed by atoms with van der Waals surface area (Å²) in [6.45, 7) is 3.53. The van der Waals surface area contributed by atoms with E-state index in [0.717, 1.165) is 12.5 Å². The maximum absolute atomic E-state index is 3.53. The Morgan fingerprint density at radius 3 is 3.18 bits per heavy atom. The lowest BCUT2D eigenvalue weighted by Gasteiger charge is -2.22. The smallest absolute Gasteiger partial charge is 0.0516 e. The van der Waals surface area contributed by atoms with Crippen molar-refractivity contribution in [3.63, 3.8) is 0 Å². The molecule has 17 heavy (non-hydrogen) atoms. The zero-order valence-corrected chi connectivity index (χ0v) is 10.1. The van der Waals surface area contributed by atoms with E-state index in [1.165, 1.54) is 48.8 Å².